The van der Waals surface area contributed by atoms with Crippen molar-refractivity contribution in [2.45, 2.75) is 78.5 Å². The van der Waals surface area contributed by atoms with Crippen molar-refractivity contribution in [2.24, 2.45) is 5.41 Å². The molecule has 2 atom stereocenters. The molecule has 20 heavy (non-hydrogen) atoms. The van der Waals surface area contributed by atoms with E-state index < -0.39 is 28.6 Å². The Morgan fingerprint density at radius 3 is 2.05 bits per heavy atom. The van der Waals surface area contributed by atoms with Crippen molar-refractivity contribution in [1.82, 2.24) is 4.90 Å². The predicted molar refractivity (Wildman–Crippen MR) is 76.6 cm³/mol. The van der Waals surface area contributed by atoms with Crippen LogP contribution in [-0.2, 0) is 9.53 Å². The minimum Gasteiger partial charge on any atom is -0.479 e. The molecular formula is C15H27NO4. The van der Waals surface area contributed by atoms with Crippen molar-refractivity contribution < 1.29 is 19.4 Å². The van der Waals surface area contributed by atoms with Crippen molar-refractivity contribution in [2.75, 3.05) is 0 Å². The summed E-state index contributed by atoms with van der Waals surface area (Å²) >= 11 is 0. The lowest BCUT2D eigenvalue weighted by atomic mass is 9.72. The lowest BCUT2D eigenvalue weighted by molar-refractivity contribution is -0.157. The number of hydrogen-bond donors (Lipinski definition) is 1. The monoisotopic (exact) mass is 285 g/mol. The first-order valence-corrected chi connectivity index (χ1v) is 7.08. The number of hydrogen-bond acceptors (Lipinski definition) is 3. The predicted octanol–water partition coefficient (Wildman–Crippen LogP) is 3.28. The van der Waals surface area contributed by atoms with Gasteiger partial charge in [-0.3, -0.25) is 4.90 Å². The molecule has 0 aromatic rings. The number of rotatable bonds is 1. The molecule has 1 heterocycles. The summed E-state index contributed by atoms with van der Waals surface area (Å²) < 4.78 is 5.42. The smallest absolute Gasteiger partial charge is 0.411 e. The molecule has 1 aliphatic heterocycles. The molecule has 1 aliphatic rings. The second-order valence-corrected chi connectivity index (χ2v) is 7.65. The SMILES string of the molecule is C[C@H]1CC[C@@](C(=O)O)(C(C)(C)C)N1C(=O)OC(C)(C)C. The number of aliphatic carboxylic acids is 1. The maximum atomic E-state index is 12.5. The van der Waals surface area contributed by atoms with Gasteiger partial charge in [-0.15, -0.1) is 0 Å². The van der Waals surface area contributed by atoms with Gasteiger partial charge in [0.25, 0.3) is 0 Å². The summed E-state index contributed by atoms with van der Waals surface area (Å²) in [4.78, 5) is 25.9. The molecule has 1 fully saturated rings. The zero-order chi connectivity index (χ0) is 15.9. The standard InChI is InChI=1S/C15H27NO4/c1-10-8-9-15(11(17)18,13(2,3)4)16(10)12(19)20-14(5,6)7/h10H,8-9H2,1-7H3,(H,17,18)/t10-,15+/m0/s1. The summed E-state index contributed by atoms with van der Waals surface area (Å²) in [6.07, 6.45) is 0.578. The first-order valence-electron chi connectivity index (χ1n) is 7.08. The normalized spacial score (nSPS) is 27.6. The van der Waals surface area contributed by atoms with Crippen LogP contribution in [0.3, 0.4) is 0 Å². The first kappa shape index (κ1) is 16.8. The highest BCUT2D eigenvalue weighted by molar-refractivity contribution is 5.86. The third kappa shape index (κ3) is 2.76. The van der Waals surface area contributed by atoms with Gasteiger partial charge in [0.1, 0.15) is 11.1 Å². The highest BCUT2D eigenvalue weighted by Gasteiger charge is 2.60. The third-order valence-electron chi connectivity index (χ3n) is 3.96. The molecule has 0 aromatic carbocycles. The number of carboxylic acids is 1. The van der Waals surface area contributed by atoms with Crippen LogP contribution in [0.1, 0.15) is 61.3 Å². The Morgan fingerprint density at radius 2 is 1.70 bits per heavy atom. The molecule has 0 spiro atoms. The van der Waals surface area contributed by atoms with Gasteiger partial charge in [0.15, 0.2) is 0 Å². The van der Waals surface area contributed by atoms with Crippen molar-refractivity contribution in [3.05, 3.63) is 0 Å². The summed E-state index contributed by atoms with van der Waals surface area (Å²) in [7, 11) is 0. The largest absolute Gasteiger partial charge is 0.479 e. The fourth-order valence-electron chi connectivity index (χ4n) is 2.96. The molecule has 5 nitrogen and oxygen atoms in total. The molecule has 0 aromatic heterocycles. The molecule has 0 bridgehead atoms. The minimum absolute atomic E-state index is 0.139. The third-order valence-corrected chi connectivity index (χ3v) is 3.96. The number of likely N-dealkylation sites (tertiary alicyclic amines) is 1. The summed E-state index contributed by atoms with van der Waals surface area (Å²) in [6, 6.07) is -0.139. The minimum atomic E-state index is -1.21. The molecule has 1 rings (SSSR count). The zero-order valence-electron chi connectivity index (χ0n) is 13.6. The number of amides is 1. The summed E-state index contributed by atoms with van der Waals surface area (Å²) in [5, 5.41) is 9.79. The molecule has 5 heteroatoms. The average Bonchev–Trinajstić information content (AvgIpc) is 2.53. The summed E-state index contributed by atoms with van der Waals surface area (Å²) in [5.41, 5.74) is -2.42. The Labute approximate surface area is 121 Å². The molecular weight excluding hydrogens is 258 g/mol. The highest BCUT2D eigenvalue weighted by atomic mass is 16.6. The molecule has 1 saturated heterocycles. The van der Waals surface area contributed by atoms with Gasteiger partial charge in [0, 0.05) is 6.04 Å². The lowest BCUT2D eigenvalue weighted by Crippen LogP contribution is -2.62. The van der Waals surface area contributed by atoms with Crippen LogP contribution in [0, 0.1) is 5.41 Å². The van der Waals surface area contributed by atoms with E-state index in [-0.39, 0.29) is 6.04 Å². The summed E-state index contributed by atoms with van der Waals surface area (Å²) in [6.45, 7) is 12.8. The van der Waals surface area contributed by atoms with Gasteiger partial charge < -0.3 is 9.84 Å². The van der Waals surface area contributed by atoms with Crippen molar-refractivity contribution in [1.29, 1.82) is 0 Å². The molecule has 0 unspecified atom stereocenters. The Hall–Kier alpha value is -1.26. The van der Waals surface area contributed by atoms with Gasteiger partial charge in [-0.05, 0) is 46.0 Å². The van der Waals surface area contributed by atoms with Crippen LogP contribution < -0.4 is 0 Å². The van der Waals surface area contributed by atoms with E-state index in [9.17, 15) is 14.7 Å². The van der Waals surface area contributed by atoms with E-state index in [4.69, 9.17) is 4.74 Å². The second-order valence-electron chi connectivity index (χ2n) is 7.65. The van der Waals surface area contributed by atoms with E-state index in [0.29, 0.717) is 12.8 Å². The van der Waals surface area contributed by atoms with Crippen molar-refractivity contribution >= 4 is 12.1 Å². The van der Waals surface area contributed by atoms with Crippen LogP contribution in [0.15, 0.2) is 0 Å². The van der Waals surface area contributed by atoms with Crippen LogP contribution >= 0.6 is 0 Å². The summed E-state index contributed by atoms with van der Waals surface area (Å²) in [5.74, 6) is -0.958. The number of ether oxygens (including phenoxy) is 1. The molecule has 1 amide bonds. The first-order chi connectivity index (χ1) is 8.83. The van der Waals surface area contributed by atoms with Crippen LogP contribution in [0.5, 0.6) is 0 Å². The van der Waals surface area contributed by atoms with E-state index in [1.165, 1.54) is 4.90 Å². The van der Waals surface area contributed by atoms with Crippen LogP contribution in [0.4, 0.5) is 4.79 Å². The van der Waals surface area contributed by atoms with E-state index in [1.807, 2.05) is 27.7 Å². The quantitative estimate of drug-likeness (QED) is 0.803. The van der Waals surface area contributed by atoms with Gasteiger partial charge in [-0.25, -0.2) is 9.59 Å². The van der Waals surface area contributed by atoms with E-state index in [1.54, 1.807) is 20.8 Å². The second kappa shape index (κ2) is 4.93. The highest BCUT2D eigenvalue weighted by Crippen LogP contribution is 2.47. The number of carbonyl (C=O) groups excluding carboxylic acids is 1. The zero-order valence-corrected chi connectivity index (χ0v) is 13.6. The molecule has 1 N–H and O–H groups in total. The molecule has 0 aliphatic carbocycles. The van der Waals surface area contributed by atoms with Crippen LogP contribution in [0.25, 0.3) is 0 Å². The van der Waals surface area contributed by atoms with Gasteiger partial charge in [0.05, 0.1) is 0 Å². The maximum absolute atomic E-state index is 12.5. The Morgan fingerprint density at radius 1 is 1.20 bits per heavy atom. The lowest BCUT2D eigenvalue weighted by Gasteiger charge is -2.45. The van der Waals surface area contributed by atoms with Gasteiger partial charge >= 0.3 is 12.1 Å². The topological polar surface area (TPSA) is 66.8 Å². The average molecular weight is 285 g/mol. The number of carbonyl (C=O) groups is 2. The Bertz CT molecular complexity index is 405. The van der Waals surface area contributed by atoms with E-state index >= 15 is 0 Å². The number of nitrogens with zero attached hydrogens (tertiary/aromatic N) is 1. The maximum Gasteiger partial charge on any atom is 0.411 e. The van der Waals surface area contributed by atoms with Crippen molar-refractivity contribution in [3.63, 3.8) is 0 Å². The van der Waals surface area contributed by atoms with Gasteiger partial charge in [-0.2, -0.15) is 0 Å². The molecule has 0 radical (unpaired) electrons. The molecule has 116 valence electrons. The Kier molecular flexibility index (Phi) is 4.14. The molecule has 0 saturated carbocycles. The van der Waals surface area contributed by atoms with E-state index in [2.05, 4.69) is 0 Å². The van der Waals surface area contributed by atoms with Gasteiger partial charge in [-0.1, -0.05) is 20.8 Å². The van der Waals surface area contributed by atoms with Crippen LogP contribution in [-0.4, -0.2) is 39.3 Å². The fourth-order valence-corrected chi connectivity index (χ4v) is 2.96. The van der Waals surface area contributed by atoms with Gasteiger partial charge in [0.2, 0.25) is 0 Å². The number of carboxylic acid groups (broad SMARTS) is 1. The van der Waals surface area contributed by atoms with E-state index in [0.717, 1.165) is 0 Å². The fraction of sp³-hybridized carbons (Fsp3) is 0.867. The Balaban J connectivity index is 3.25. The van der Waals surface area contributed by atoms with Crippen molar-refractivity contribution in [3.8, 4) is 0 Å². The van der Waals surface area contributed by atoms with Crippen LogP contribution in [0.2, 0.25) is 0 Å².